The van der Waals surface area contributed by atoms with E-state index in [1.54, 1.807) is 7.11 Å². The minimum atomic E-state index is 0.789. The van der Waals surface area contributed by atoms with Gasteiger partial charge in [-0.05, 0) is 41.8 Å². The minimum absolute atomic E-state index is 0.789. The fraction of sp³-hybridized carbons (Fsp3) is 0.263. The summed E-state index contributed by atoms with van der Waals surface area (Å²) in [6.07, 6.45) is 6.44. The summed E-state index contributed by atoms with van der Waals surface area (Å²) >= 11 is 0. The van der Waals surface area contributed by atoms with Gasteiger partial charge in [-0.2, -0.15) is 0 Å². The molecule has 2 rings (SSSR count). The SMILES string of the molecule is CCCCOc1ccc(/C=C/c2ccc(OC)cc2)cc1. The van der Waals surface area contributed by atoms with Gasteiger partial charge in [0.1, 0.15) is 11.5 Å². The molecule has 0 saturated heterocycles. The van der Waals surface area contributed by atoms with Crippen LogP contribution in [0, 0.1) is 0 Å². The van der Waals surface area contributed by atoms with Crippen LogP contribution in [0.5, 0.6) is 11.5 Å². The van der Waals surface area contributed by atoms with E-state index in [2.05, 4.69) is 31.2 Å². The van der Waals surface area contributed by atoms with Crippen molar-refractivity contribution < 1.29 is 9.47 Å². The molecule has 110 valence electrons. The highest BCUT2D eigenvalue weighted by Crippen LogP contribution is 2.16. The van der Waals surface area contributed by atoms with Gasteiger partial charge in [-0.1, -0.05) is 49.8 Å². The van der Waals surface area contributed by atoms with Crippen LogP contribution in [0.25, 0.3) is 12.2 Å². The summed E-state index contributed by atoms with van der Waals surface area (Å²) in [5.74, 6) is 1.81. The summed E-state index contributed by atoms with van der Waals surface area (Å²) < 4.78 is 10.8. The second kappa shape index (κ2) is 8.15. The van der Waals surface area contributed by atoms with Crippen molar-refractivity contribution >= 4 is 12.2 Å². The van der Waals surface area contributed by atoms with Gasteiger partial charge < -0.3 is 9.47 Å². The Kier molecular flexibility index (Phi) is 5.89. The van der Waals surface area contributed by atoms with Crippen molar-refractivity contribution in [3.8, 4) is 11.5 Å². The maximum Gasteiger partial charge on any atom is 0.119 e. The van der Waals surface area contributed by atoms with E-state index >= 15 is 0 Å². The molecule has 0 radical (unpaired) electrons. The normalized spacial score (nSPS) is 10.8. The zero-order valence-electron chi connectivity index (χ0n) is 12.7. The molecule has 0 bridgehead atoms. The molecule has 0 aliphatic carbocycles. The third-order valence-corrected chi connectivity index (χ3v) is 3.23. The average molecular weight is 282 g/mol. The van der Waals surface area contributed by atoms with E-state index in [1.165, 1.54) is 0 Å². The van der Waals surface area contributed by atoms with Crippen LogP contribution >= 0.6 is 0 Å². The van der Waals surface area contributed by atoms with Crippen LogP contribution in [0.1, 0.15) is 30.9 Å². The smallest absolute Gasteiger partial charge is 0.119 e. The Balaban J connectivity index is 1.93. The number of hydrogen-bond donors (Lipinski definition) is 0. The number of rotatable bonds is 7. The lowest BCUT2D eigenvalue weighted by Crippen LogP contribution is -1.95. The molecule has 0 fully saturated rings. The van der Waals surface area contributed by atoms with Crippen LogP contribution in [-0.4, -0.2) is 13.7 Å². The Morgan fingerprint density at radius 3 is 1.81 bits per heavy atom. The topological polar surface area (TPSA) is 18.5 Å². The van der Waals surface area contributed by atoms with E-state index in [1.807, 2.05) is 36.4 Å². The summed E-state index contributed by atoms with van der Waals surface area (Å²) in [6, 6.07) is 16.2. The molecule has 0 aliphatic heterocycles. The van der Waals surface area contributed by atoms with Crippen LogP contribution in [-0.2, 0) is 0 Å². The summed E-state index contributed by atoms with van der Waals surface area (Å²) in [5.41, 5.74) is 2.31. The molecule has 0 aromatic heterocycles. The number of unbranched alkanes of at least 4 members (excludes halogenated alkanes) is 1. The Bertz CT molecular complexity index is 553. The van der Waals surface area contributed by atoms with Crippen molar-refractivity contribution in [2.75, 3.05) is 13.7 Å². The number of hydrogen-bond acceptors (Lipinski definition) is 2. The molecule has 0 spiro atoms. The van der Waals surface area contributed by atoms with E-state index < -0.39 is 0 Å². The van der Waals surface area contributed by atoms with Crippen molar-refractivity contribution in [3.63, 3.8) is 0 Å². The van der Waals surface area contributed by atoms with E-state index in [0.29, 0.717) is 0 Å². The first-order valence-corrected chi connectivity index (χ1v) is 7.37. The quantitative estimate of drug-likeness (QED) is 0.523. The van der Waals surface area contributed by atoms with Gasteiger partial charge in [0, 0.05) is 0 Å². The molecule has 2 heteroatoms. The molecule has 0 unspecified atom stereocenters. The fourth-order valence-electron chi connectivity index (χ4n) is 1.92. The Hall–Kier alpha value is -2.22. The van der Waals surface area contributed by atoms with Crippen molar-refractivity contribution in [3.05, 3.63) is 59.7 Å². The molecule has 21 heavy (non-hydrogen) atoms. The van der Waals surface area contributed by atoms with E-state index in [4.69, 9.17) is 9.47 Å². The first-order valence-electron chi connectivity index (χ1n) is 7.37. The first kappa shape index (κ1) is 15.2. The zero-order valence-corrected chi connectivity index (χ0v) is 12.7. The summed E-state index contributed by atoms with van der Waals surface area (Å²) in [7, 11) is 1.68. The van der Waals surface area contributed by atoms with Gasteiger partial charge in [0.2, 0.25) is 0 Å². The number of methoxy groups -OCH3 is 1. The van der Waals surface area contributed by atoms with Crippen LogP contribution in [0.15, 0.2) is 48.5 Å². The maximum absolute atomic E-state index is 5.65. The number of benzene rings is 2. The van der Waals surface area contributed by atoms with E-state index in [9.17, 15) is 0 Å². The van der Waals surface area contributed by atoms with E-state index in [0.717, 1.165) is 42.1 Å². The van der Waals surface area contributed by atoms with Gasteiger partial charge in [0.15, 0.2) is 0 Å². The lowest BCUT2D eigenvalue weighted by Gasteiger charge is -2.05. The summed E-state index contributed by atoms with van der Waals surface area (Å²) in [5, 5.41) is 0. The Morgan fingerprint density at radius 2 is 1.33 bits per heavy atom. The third-order valence-electron chi connectivity index (χ3n) is 3.23. The van der Waals surface area contributed by atoms with Crippen molar-refractivity contribution in [2.24, 2.45) is 0 Å². The molecule has 2 aromatic rings. The molecule has 0 heterocycles. The zero-order chi connectivity index (χ0) is 14.9. The Morgan fingerprint density at radius 1 is 0.810 bits per heavy atom. The van der Waals surface area contributed by atoms with Crippen molar-refractivity contribution in [2.45, 2.75) is 19.8 Å². The van der Waals surface area contributed by atoms with Crippen LogP contribution < -0.4 is 9.47 Å². The molecule has 2 nitrogen and oxygen atoms in total. The lowest BCUT2D eigenvalue weighted by atomic mass is 10.1. The molecular formula is C19H22O2. The molecule has 2 aromatic carbocycles. The molecule has 0 N–H and O–H groups in total. The third kappa shape index (κ3) is 4.99. The van der Waals surface area contributed by atoms with Gasteiger partial charge in [0.05, 0.1) is 13.7 Å². The van der Waals surface area contributed by atoms with Crippen molar-refractivity contribution in [1.82, 2.24) is 0 Å². The molecule has 0 saturated carbocycles. The largest absolute Gasteiger partial charge is 0.497 e. The minimum Gasteiger partial charge on any atom is -0.497 e. The van der Waals surface area contributed by atoms with Crippen molar-refractivity contribution in [1.29, 1.82) is 0 Å². The molecule has 0 aliphatic rings. The highest BCUT2D eigenvalue weighted by atomic mass is 16.5. The van der Waals surface area contributed by atoms with Crippen LogP contribution in [0.3, 0.4) is 0 Å². The second-order valence-electron chi connectivity index (χ2n) is 4.88. The monoisotopic (exact) mass is 282 g/mol. The standard InChI is InChI=1S/C19H22O2/c1-3-4-15-21-19-13-9-17(10-14-19)6-5-16-7-11-18(20-2)12-8-16/h5-14H,3-4,15H2,1-2H3/b6-5+. The molecular weight excluding hydrogens is 260 g/mol. The predicted octanol–water partition coefficient (Wildman–Crippen LogP) is 5.04. The van der Waals surface area contributed by atoms with Gasteiger partial charge >= 0.3 is 0 Å². The summed E-state index contributed by atoms with van der Waals surface area (Å²) in [6.45, 7) is 2.95. The van der Waals surface area contributed by atoms with Gasteiger partial charge in [-0.15, -0.1) is 0 Å². The van der Waals surface area contributed by atoms with Gasteiger partial charge in [-0.3, -0.25) is 0 Å². The fourth-order valence-corrected chi connectivity index (χ4v) is 1.92. The van der Waals surface area contributed by atoms with Crippen LogP contribution in [0.2, 0.25) is 0 Å². The highest BCUT2D eigenvalue weighted by molar-refractivity contribution is 5.70. The van der Waals surface area contributed by atoms with Crippen LogP contribution in [0.4, 0.5) is 0 Å². The first-order chi connectivity index (χ1) is 10.3. The Labute approximate surface area is 127 Å². The molecule has 0 amide bonds. The van der Waals surface area contributed by atoms with Gasteiger partial charge in [0.25, 0.3) is 0 Å². The second-order valence-corrected chi connectivity index (χ2v) is 4.88. The number of ether oxygens (including phenoxy) is 2. The van der Waals surface area contributed by atoms with Gasteiger partial charge in [-0.25, -0.2) is 0 Å². The highest BCUT2D eigenvalue weighted by Gasteiger charge is 1.94. The lowest BCUT2D eigenvalue weighted by molar-refractivity contribution is 0.309. The average Bonchev–Trinajstić information content (AvgIpc) is 2.55. The molecule has 0 atom stereocenters. The predicted molar refractivity (Wildman–Crippen MR) is 88.8 cm³/mol. The summed E-state index contributed by atoms with van der Waals surface area (Å²) in [4.78, 5) is 0. The van der Waals surface area contributed by atoms with E-state index in [-0.39, 0.29) is 0 Å². The maximum atomic E-state index is 5.65.